The van der Waals surface area contributed by atoms with Gasteiger partial charge in [0.25, 0.3) is 5.91 Å². The Labute approximate surface area is 134 Å². The Balaban J connectivity index is 1.67. The lowest BCUT2D eigenvalue weighted by atomic mass is 10.2. The minimum Gasteiger partial charge on any atom is -0.322 e. The zero-order chi connectivity index (χ0) is 15.9. The molecule has 0 bridgehead atoms. The predicted octanol–water partition coefficient (Wildman–Crippen LogP) is 5.35. The maximum Gasteiger partial charge on any atom is 0.255 e. The lowest BCUT2D eigenvalue weighted by Crippen LogP contribution is -2.11. The minimum atomic E-state index is -0.150. The Bertz CT molecular complexity index is 797. The van der Waals surface area contributed by atoms with Crippen molar-refractivity contribution in [2.45, 2.75) is 0 Å². The van der Waals surface area contributed by atoms with E-state index in [1.54, 1.807) is 24.3 Å². The number of benzene rings is 3. The topological polar surface area (TPSA) is 53.8 Å². The maximum absolute atomic E-state index is 12.1. The van der Waals surface area contributed by atoms with E-state index >= 15 is 0 Å². The van der Waals surface area contributed by atoms with E-state index in [0.717, 1.165) is 11.4 Å². The van der Waals surface area contributed by atoms with E-state index in [-0.39, 0.29) is 5.91 Å². The maximum atomic E-state index is 12.1. The van der Waals surface area contributed by atoms with Crippen LogP contribution in [0.25, 0.3) is 0 Å². The van der Waals surface area contributed by atoms with Crippen LogP contribution in [0.15, 0.2) is 95.2 Å². The highest BCUT2D eigenvalue weighted by Gasteiger charge is 2.05. The van der Waals surface area contributed by atoms with Gasteiger partial charge in [-0.25, -0.2) is 0 Å². The van der Waals surface area contributed by atoms with Gasteiger partial charge in [0.1, 0.15) is 0 Å². The summed E-state index contributed by atoms with van der Waals surface area (Å²) in [5.74, 6) is -0.150. The van der Waals surface area contributed by atoms with E-state index in [1.807, 2.05) is 60.7 Å². The first-order chi connectivity index (χ1) is 11.3. The molecule has 0 spiro atoms. The van der Waals surface area contributed by atoms with Crippen LogP contribution >= 0.6 is 0 Å². The third-order valence-electron chi connectivity index (χ3n) is 3.20. The first-order valence-electron chi connectivity index (χ1n) is 7.24. The van der Waals surface area contributed by atoms with E-state index in [4.69, 9.17) is 0 Å². The normalized spacial score (nSPS) is 10.6. The smallest absolute Gasteiger partial charge is 0.255 e. The first-order valence-corrected chi connectivity index (χ1v) is 7.24. The molecule has 0 aliphatic carbocycles. The van der Waals surface area contributed by atoms with Crippen LogP contribution in [0, 0.1) is 0 Å². The van der Waals surface area contributed by atoms with Gasteiger partial charge in [0.2, 0.25) is 0 Å². The number of carbonyl (C=O) groups is 1. The fourth-order valence-electron chi connectivity index (χ4n) is 2.01. The molecule has 0 saturated carbocycles. The van der Waals surface area contributed by atoms with E-state index in [0.29, 0.717) is 11.3 Å². The third-order valence-corrected chi connectivity index (χ3v) is 3.20. The van der Waals surface area contributed by atoms with Crippen molar-refractivity contribution in [3.05, 3.63) is 90.5 Å². The minimum absolute atomic E-state index is 0.150. The van der Waals surface area contributed by atoms with Gasteiger partial charge in [0.15, 0.2) is 0 Å². The van der Waals surface area contributed by atoms with Gasteiger partial charge in [-0.05, 0) is 48.5 Å². The number of hydrogen-bond donors (Lipinski definition) is 1. The van der Waals surface area contributed by atoms with Crippen LogP contribution in [0.5, 0.6) is 0 Å². The summed E-state index contributed by atoms with van der Waals surface area (Å²) < 4.78 is 0. The van der Waals surface area contributed by atoms with Gasteiger partial charge in [-0.15, -0.1) is 0 Å². The van der Waals surface area contributed by atoms with Crippen LogP contribution in [0.2, 0.25) is 0 Å². The largest absolute Gasteiger partial charge is 0.322 e. The van der Waals surface area contributed by atoms with E-state index in [2.05, 4.69) is 15.5 Å². The van der Waals surface area contributed by atoms with E-state index < -0.39 is 0 Å². The zero-order valence-corrected chi connectivity index (χ0v) is 12.4. The molecule has 3 rings (SSSR count). The third kappa shape index (κ3) is 4.11. The summed E-state index contributed by atoms with van der Waals surface area (Å²) in [6.07, 6.45) is 0. The Morgan fingerprint density at radius 3 is 1.78 bits per heavy atom. The molecule has 112 valence electrons. The summed E-state index contributed by atoms with van der Waals surface area (Å²) in [6, 6.07) is 25.9. The van der Waals surface area contributed by atoms with Gasteiger partial charge in [-0.1, -0.05) is 36.4 Å². The molecule has 0 atom stereocenters. The van der Waals surface area contributed by atoms with Crippen LogP contribution in [0.3, 0.4) is 0 Å². The van der Waals surface area contributed by atoms with Crippen LogP contribution in [-0.4, -0.2) is 5.91 Å². The summed E-state index contributed by atoms with van der Waals surface area (Å²) in [6.45, 7) is 0. The number of hydrogen-bond acceptors (Lipinski definition) is 3. The number of rotatable bonds is 4. The molecule has 23 heavy (non-hydrogen) atoms. The van der Waals surface area contributed by atoms with Crippen LogP contribution in [0.1, 0.15) is 10.4 Å². The second-order valence-electron chi connectivity index (χ2n) is 4.90. The summed E-state index contributed by atoms with van der Waals surface area (Å²) in [5, 5.41) is 11.1. The quantitative estimate of drug-likeness (QED) is 0.648. The van der Waals surface area contributed by atoms with Crippen molar-refractivity contribution in [3.63, 3.8) is 0 Å². The Morgan fingerprint density at radius 1 is 0.652 bits per heavy atom. The van der Waals surface area contributed by atoms with Crippen LogP contribution in [0.4, 0.5) is 17.1 Å². The number of nitrogens with one attached hydrogen (secondary N) is 1. The van der Waals surface area contributed by atoms with Gasteiger partial charge in [0.05, 0.1) is 11.4 Å². The van der Waals surface area contributed by atoms with Crippen molar-refractivity contribution in [3.8, 4) is 0 Å². The average molecular weight is 301 g/mol. The summed E-state index contributed by atoms with van der Waals surface area (Å²) in [7, 11) is 0. The van der Waals surface area contributed by atoms with Crippen molar-refractivity contribution < 1.29 is 4.79 Å². The van der Waals surface area contributed by atoms with Gasteiger partial charge in [-0.2, -0.15) is 10.2 Å². The van der Waals surface area contributed by atoms with Gasteiger partial charge < -0.3 is 5.32 Å². The molecular weight excluding hydrogens is 286 g/mol. The lowest BCUT2D eigenvalue weighted by Gasteiger charge is -2.04. The molecule has 1 amide bonds. The number of azo groups is 1. The van der Waals surface area contributed by atoms with E-state index in [1.165, 1.54) is 0 Å². The first kappa shape index (κ1) is 14.7. The number of para-hydroxylation sites is 1. The number of nitrogens with zero attached hydrogens (tertiary/aromatic N) is 2. The molecule has 0 unspecified atom stereocenters. The molecule has 0 heterocycles. The average Bonchev–Trinajstić information content (AvgIpc) is 2.62. The number of carbonyl (C=O) groups excluding carboxylic acids is 1. The molecule has 3 aromatic rings. The number of anilines is 1. The molecule has 0 aromatic heterocycles. The lowest BCUT2D eigenvalue weighted by molar-refractivity contribution is 0.102. The zero-order valence-electron chi connectivity index (χ0n) is 12.4. The van der Waals surface area contributed by atoms with Crippen LogP contribution in [-0.2, 0) is 0 Å². The monoisotopic (exact) mass is 301 g/mol. The molecule has 0 aliphatic rings. The summed E-state index contributed by atoms with van der Waals surface area (Å²) in [5.41, 5.74) is 2.83. The Kier molecular flexibility index (Phi) is 4.55. The van der Waals surface area contributed by atoms with Gasteiger partial charge in [-0.3, -0.25) is 4.79 Å². The standard InChI is InChI=1S/C19H15N3O/c23-19(20-16-7-3-1-4-8-16)15-11-13-18(14-12-15)22-21-17-9-5-2-6-10-17/h1-14H,(H,20,23). The number of amides is 1. The van der Waals surface area contributed by atoms with Crippen molar-refractivity contribution in [2.24, 2.45) is 10.2 Å². The molecule has 3 aromatic carbocycles. The second kappa shape index (κ2) is 7.13. The Morgan fingerprint density at radius 2 is 1.17 bits per heavy atom. The second-order valence-corrected chi connectivity index (χ2v) is 4.90. The van der Waals surface area contributed by atoms with Crippen molar-refractivity contribution in [1.29, 1.82) is 0 Å². The fourth-order valence-corrected chi connectivity index (χ4v) is 2.01. The molecule has 4 heteroatoms. The van der Waals surface area contributed by atoms with Crippen molar-refractivity contribution in [2.75, 3.05) is 5.32 Å². The molecule has 1 N–H and O–H groups in total. The summed E-state index contributed by atoms with van der Waals surface area (Å²) in [4.78, 5) is 12.1. The van der Waals surface area contributed by atoms with Crippen molar-refractivity contribution >= 4 is 23.0 Å². The van der Waals surface area contributed by atoms with Gasteiger partial charge in [0, 0.05) is 11.3 Å². The van der Waals surface area contributed by atoms with Crippen molar-refractivity contribution in [1.82, 2.24) is 0 Å². The van der Waals surface area contributed by atoms with Gasteiger partial charge >= 0.3 is 0 Å². The Hall–Kier alpha value is -3.27. The molecular formula is C19H15N3O. The SMILES string of the molecule is O=C(Nc1ccccc1)c1ccc(N=Nc2ccccc2)cc1. The van der Waals surface area contributed by atoms with E-state index in [9.17, 15) is 4.79 Å². The molecule has 0 saturated heterocycles. The molecule has 0 aliphatic heterocycles. The van der Waals surface area contributed by atoms with Crippen LogP contribution < -0.4 is 5.32 Å². The predicted molar refractivity (Wildman–Crippen MR) is 91.5 cm³/mol. The molecule has 0 radical (unpaired) electrons. The highest BCUT2D eigenvalue weighted by Crippen LogP contribution is 2.18. The highest BCUT2D eigenvalue weighted by atomic mass is 16.1. The molecule has 4 nitrogen and oxygen atoms in total. The molecule has 0 fully saturated rings. The fraction of sp³-hybridized carbons (Fsp3) is 0. The summed E-state index contributed by atoms with van der Waals surface area (Å²) >= 11 is 0. The highest BCUT2D eigenvalue weighted by molar-refractivity contribution is 6.04.